The van der Waals surface area contributed by atoms with Gasteiger partial charge in [-0.1, -0.05) is 30.3 Å². The lowest BCUT2D eigenvalue weighted by Gasteiger charge is -2.25. The quantitative estimate of drug-likeness (QED) is 0.130. The molecule has 0 saturated carbocycles. The summed E-state index contributed by atoms with van der Waals surface area (Å²) in [5.74, 6) is -4.93. The fourth-order valence-corrected chi connectivity index (χ4v) is 3.39. The minimum Gasteiger partial charge on any atom is -0.480 e. The molecular formula is C23H31N7O7. The third-order valence-corrected chi connectivity index (χ3v) is 5.33. The number of aromatic amines is 1. The Bertz CT molecular complexity index is 1080. The van der Waals surface area contributed by atoms with Gasteiger partial charge in [-0.3, -0.25) is 19.2 Å². The molecule has 5 atom stereocenters. The van der Waals surface area contributed by atoms with E-state index in [0.717, 1.165) is 0 Å². The van der Waals surface area contributed by atoms with Crippen LogP contribution in [0.2, 0.25) is 0 Å². The number of primary amides is 1. The second-order valence-electron chi connectivity index (χ2n) is 8.44. The van der Waals surface area contributed by atoms with Gasteiger partial charge in [-0.2, -0.15) is 0 Å². The van der Waals surface area contributed by atoms with E-state index in [9.17, 15) is 34.2 Å². The first-order chi connectivity index (χ1) is 17.5. The van der Waals surface area contributed by atoms with Gasteiger partial charge in [-0.25, -0.2) is 9.78 Å². The van der Waals surface area contributed by atoms with Crippen LogP contribution in [-0.2, 0) is 36.8 Å². The Hall–Kier alpha value is -4.30. The van der Waals surface area contributed by atoms with Crippen LogP contribution in [0.3, 0.4) is 0 Å². The monoisotopic (exact) mass is 517 g/mol. The first kappa shape index (κ1) is 28.9. The highest BCUT2D eigenvalue weighted by atomic mass is 16.4. The van der Waals surface area contributed by atoms with E-state index >= 15 is 0 Å². The molecule has 0 aliphatic rings. The fourth-order valence-electron chi connectivity index (χ4n) is 3.39. The number of carbonyl (C=O) groups is 5. The minimum absolute atomic E-state index is 0.0544. The van der Waals surface area contributed by atoms with E-state index in [1.807, 2.05) is 0 Å². The van der Waals surface area contributed by atoms with Crippen LogP contribution in [0.25, 0.3) is 0 Å². The highest BCUT2D eigenvalue weighted by Gasteiger charge is 2.32. The third-order valence-electron chi connectivity index (χ3n) is 5.33. The number of nitrogens with two attached hydrogens (primary N) is 2. The lowest BCUT2D eigenvalue weighted by molar-refractivity contribution is -0.145. The second-order valence-corrected chi connectivity index (χ2v) is 8.44. The van der Waals surface area contributed by atoms with Gasteiger partial charge in [0.1, 0.15) is 12.1 Å². The van der Waals surface area contributed by atoms with Crippen LogP contribution in [0.1, 0.15) is 24.6 Å². The van der Waals surface area contributed by atoms with Crippen LogP contribution >= 0.6 is 0 Å². The number of carboxylic acid groups (broad SMARTS) is 1. The Labute approximate surface area is 212 Å². The molecule has 0 spiro atoms. The molecule has 200 valence electrons. The van der Waals surface area contributed by atoms with E-state index in [4.69, 9.17) is 11.5 Å². The van der Waals surface area contributed by atoms with E-state index in [2.05, 4.69) is 25.9 Å². The summed E-state index contributed by atoms with van der Waals surface area (Å²) >= 11 is 0. The summed E-state index contributed by atoms with van der Waals surface area (Å²) in [5, 5.41) is 26.0. The zero-order valence-electron chi connectivity index (χ0n) is 20.1. The molecule has 0 aliphatic heterocycles. The lowest BCUT2D eigenvalue weighted by atomic mass is 10.0. The molecule has 0 aliphatic carbocycles. The van der Waals surface area contributed by atoms with Crippen LogP contribution in [0.15, 0.2) is 42.9 Å². The predicted molar refractivity (Wildman–Crippen MR) is 129 cm³/mol. The van der Waals surface area contributed by atoms with Gasteiger partial charge >= 0.3 is 5.97 Å². The zero-order valence-corrected chi connectivity index (χ0v) is 20.1. The molecule has 14 heteroatoms. The van der Waals surface area contributed by atoms with Crippen molar-refractivity contribution in [3.05, 3.63) is 54.1 Å². The predicted octanol–water partition coefficient (Wildman–Crippen LogP) is -2.68. The molecule has 1 aromatic heterocycles. The maximum absolute atomic E-state index is 13.1. The van der Waals surface area contributed by atoms with E-state index in [-0.39, 0.29) is 12.8 Å². The number of aliphatic hydroxyl groups excluding tert-OH is 1. The first-order valence-corrected chi connectivity index (χ1v) is 11.3. The van der Waals surface area contributed by atoms with Crippen molar-refractivity contribution in [2.45, 2.75) is 56.5 Å². The van der Waals surface area contributed by atoms with Gasteiger partial charge in [0.2, 0.25) is 23.6 Å². The maximum atomic E-state index is 13.1. The number of imidazole rings is 1. The fraction of sp³-hybridized carbons (Fsp3) is 0.391. The van der Waals surface area contributed by atoms with E-state index in [0.29, 0.717) is 11.3 Å². The normalized spacial score (nSPS) is 14.9. The van der Waals surface area contributed by atoms with Gasteiger partial charge in [0.05, 0.1) is 24.9 Å². The Balaban J connectivity index is 2.20. The minimum atomic E-state index is -1.63. The number of carboxylic acids is 1. The zero-order chi connectivity index (χ0) is 27.5. The highest BCUT2D eigenvalue weighted by molar-refractivity contribution is 5.96. The van der Waals surface area contributed by atoms with Crippen LogP contribution in [0.4, 0.5) is 0 Å². The molecule has 0 fully saturated rings. The number of nitrogens with one attached hydrogen (secondary N) is 4. The van der Waals surface area contributed by atoms with Gasteiger partial charge in [-0.05, 0) is 12.5 Å². The van der Waals surface area contributed by atoms with Crippen molar-refractivity contribution < 1.29 is 34.2 Å². The molecule has 14 nitrogen and oxygen atoms in total. The summed E-state index contributed by atoms with van der Waals surface area (Å²) in [5.41, 5.74) is 12.4. The third kappa shape index (κ3) is 9.35. The van der Waals surface area contributed by atoms with Gasteiger partial charge in [0.25, 0.3) is 0 Å². The molecule has 37 heavy (non-hydrogen) atoms. The smallest absolute Gasteiger partial charge is 0.328 e. The molecule has 1 aromatic carbocycles. The number of aliphatic carboxylic acids is 1. The Kier molecular flexibility index (Phi) is 10.7. The number of aromatic nitrogens is 2. The van der Waals surface area contributed by atoms with E-state index < -0.39 is 66.3 Å². The van der Waals surface area contributed by atoms with Crippen LogP contribution in [0, 0.1) is 0 Å². The average molecular weight is 518 g/mol. The Morgan fingerprint density at radius 2 is 1.59 bits per heavy atom. The number of nitrogens with zero attached hydrogens (tertiary/aromatic N) is 1. The largest absolute Gasteiger partial charge is 0.480 e. The molecule has 5 unspecified atom stereocenters. The summed E-state index contributed by atoms with van der Waals surface area (Å²) < 4.78 is 0. The van der Waals surface area contributed by atoms with Crippen molar-refractivity contribution in [1.29, 1.82) is 0 Å². The molecular weight excluding hydrogens is 486 g/mol. The van der Waals surface area contributed by atoms with Gasteiger partial charge < -0.3 is 42.6 Å². The molecule has 0 saturated heterocycles. The van der Waals surface area contributed by atoms with Crippen molar-refractivity contribution in [2.75, 3.05) is 0 Å². The van der Waals surface area contributed by atoms with Crippen molar-refractivity contribution in [3.63, 3.8) is 0 Å². The van der Waals surface area contributed by atoms with Crippen LogP contribution in [-0.4, -0.2) is 80.1 Å². The highest BCUT2D eigenvalue weighted by Crippen LogP contribution is 2.06. The summed E-state index contributed by atoms with van der Waals surface area (Å²) in [4.78, 5) is 68.3. The molecule has 4 amide bonds. The number of benzene rings is 1. The van der Waals surface area contributed by atoms with Crippen molar-refractivity contribution in [3.8, 4) is 0 Å². The van der Waals surface area contributed by atoms with Gasteiger partial charge in [-0.15, -0.1) is 0 Å². The van der Waals surface area contributed by atoms with Crippen LogP contribution in [0.5, 0.6) is 0 Å². The Morgan fingerprint density at radius 3 is 2.14 bits per heavy atom. The van der Waals surface area contributed by atoms with E-state index in [1.165, 1.54) is 19.4 Å². The van der Waals surface area contributed by atoms with Gasteiger partial charge in [0, 0.05) is 24.7 Å². The number of H-pyrrole nitrogens is 1. The number of amides is 4. The summed E-state index contributed by atoms with van der Waals surface area (Å²) in [6.45, 7) is 1.19. The van der Waals surface area contributed by atoms with Crippen molar-refractivity contribution >= 4 is 29.6 Å². The maximum Gasteiger partial charge on any atom is 0.328 e. The standard InChI is InChI=1S/C23H31N7O7/c1-12(31)19(23(36)37)30-22(35)16(7-13-5-3-2-4-6-13)29-21(34)17(9-18(25)32)28-20(33)15(24)8-14-10-26-11-27-14/h2-6,10-12,15-17,19,31H,7-9,24H2,1H3,(H2,25,32)(H,26,27)(H,28,33)(H,29,34)(H,30,35)(H,36,37). The SMILES string of the molecule is CC(O)C(NC(=O)C(Cc1ccccc1)NC(=O)C(CC(N)=O)NC(=O)C(N)Cc1cnc[nH]1)C(=O)O. The number of aliphatic hydroxyl groups is 1. The average Bonchev–Trinajstić information content (AvgIpc) is 3.34. The molecule has 0 radical (unpaired) electrons. The van der Waals surface area contributed by atoms with Crippen molar-refractivity contribution in [2.24, 2.45) is 11.5 Å². The molecule has 2 aromatic rings. The number of hydrogen-bond acceptors (Lipinski definition) is 8. The molecule has 0 bridgehead atoms. The number of rotatable bonds is 14. The summed E-state index contributed by atoms with van der Waals surface area (Å²) in [6.07, 6.45) is 0.901. The van der Waals surface area contributed by atoms with Gasteiger partial charge in [0.15, 0.2) is 6.04 Å². The topological polar surface area (TPSA) is 243 Å². The lowest BCUT2D eigenvalue weighted by Crippen LogP contribution is -2.59. The number of hydrogen-bond donors (Lipinski definition) is 8. The summed E-state index contributed by atoms with van der Waals surface area (Å²) in [7, 11) is 0. The first-order valence-electron chi connectivity index (χ1n) is 11.3. The molecule has 10 N–H and O–H groups in total. The Morgan fingerprint density at radius 1 is 0.973 bits per heavy atom. The van der Waals surface area contributed by atoms with E-state index in [1.54, 1.807) is 30.3 Å². The molecule has 1 heterocycles. The van der Waals surface area contributed by atoms with Crippen LogP contribution < -0.4 is 27.4 Å². The second kappa shape index (κ2) is 13.7. The van der Waals surface area contributed by atoms with Crippen molar-refractivity contribution in [1.82, 2.24) is 25.9 Å². The summed E-state index contributed by atoms with van der Waals surface area (Å²) in [6, 6.07) is 3.03. The molecule has 2 rings (SSSR count). The number of carbonyl (C=O) groups excluding carboxylic acids is 4.